The van der Waals surface area contributed by atoms with Crippen LogP contribution in [0.4, 0.5) is 4.39 Å². The first kappa shape index (κ1) is 14.7. The molecular formula is C16H11FN6S. The van der Waals surface area contributed by atoms with Gasteiger partial charge in [-0.2, -0.15) is 4.68 Å². The smallest absolute Gasteiger partial charge is 0.220 e. The van der Waals surface area contributed by atoms with Gasteiger partial charge in [0.2, 0.25) is 5.16 Å². The zero-order valence-corrected chi connectivity index (χ0v) is 13.4. The van der Waals surface area contributed by atoms with Gasteiger partial charge in [0.25, 0.3) is 0 Å². The summed E-state index contributed by atoms with van der Waals surface area (Å²) >= 11 is 1.27. The summed E-state index contributed by atoms with van der Waals surface area (Å²) in [6.45, 7) is 2.01. The summed E-state index contributed by atoms with van der Waals surface area (Å²) in [5.74, 6) is -0.336. The summed E-state index contributed by atoms with van der Waals surface area (Å²) in [4.78, 5) is 8.40. The van der Waals surface area contributed by atoms with E-state index in [9.17, 15) is 4.39 Å². The Balaban J connectivity index is 1.76. The molecule has 0 unspecified atom stereocenters. The maximum atomic E-state index is 13.6. The van der Waals surface area contributed by atoms with Gasteiger partial charge in [0.1, 0.15) is 17.2 Å². The van der Waals surface area contributed by atoms with Gasteiger partial charge >= 0.3 is 0 Å². The normalized spacial score (nSPS) is 11.1. The van der Waals surface area contributed by atoms with Gasteiger partial charge in [-0.25, -0.2) is 14.4 Å². The van der Waals surface area contributed by atoms with Crippen LogP contribution in [0.15, 0.2) is 59.0 Å². The Labute approximate surface area is 140 Å². The molecule has 0 aliphatic carbocycles. The van der Waals surface area contributed by atoms with E-state index in [4.69, 9.17) is 0 Å². The highest BCUT2D eigenvalue weighted by Crippen LogP contribution is 2.30. The van der Waals surface area contributed by atoms with Crippen LogP contribution < -0.4 is 0 Å². The van der Waals surface area contributed by atoms with E-state index < -0.39 is 0 Å². The Morgan fingerprint density at radius 1 is 1.04 bits per heavy atom. The van der Waals surface area contributed by atoms with Gasteiger partial charge in [-0.3, -0.25) is 0 Å². The SMILES string of the molecule is Cc1ccc(-n2nnnc2Sc2ncnc3ccc(F)cc23)cc1. The molecule has 0 radical (unpaired) electrons. The predicted molar refractivity (Wildman–Crippen MR) is 87.5 cm³/mol. The number of tetrazole rings is 1. The minimum Gasteiger partial charge on any atom is -0.236 e. The highest BCUT2D eigenvalue weighted by Gasteiger charge is 2.14. The van der Waals surface area contributed by atoms with E-state index in [1.165, 1.54) is 30.2 Å². The molecule has 0 saturated carbocycles. The second-order valence-electron chi connectivity index (χ2n) is 5.15. The van der Waals surface area contributed by atoms with E-state index in [-0.39, 0.29) is 5.82 Å². The van der Waals surface area contributed by atoms with Crippen LogP contribution in [0.3, 0.4) is 0 Å². The number of benzene rings is 2. The summed E-state index contributed by atoms with van der Waals surface area (Å²) in [5, 5.41) is 13.6. The van der Waals surface area contributed by atoms with Crippen molar-refractivity contribution in [2.45, 2.75) is 17.1 Å². The van der Waals surface area contributed by atoms with E-state index in [1.807, 2.05) is 31.2 Å². The third-order valence-electron chi connectivity index (χ3n) is 3.47. The lowest BCUT2D eigenvalue weighted by molar-refractivity contribution is 0.629. The van der Waals surface area contributed by atoms with E-state index in [0.717, 1.165) is 11.3 Å². The Bertz CT molecular complexity index is 1010. The van der Waals surface area contributed by atoms with Gasteiger partial charge in [0.05, 0.1) is 11.2 Å². The quantitative estimate of drug-likeness (QED) is 0.534. The van der Waals surface area contributed by atoms with Gasteiger partial charge in [-0.1, -0.05) is 17.7 Å². The van der Waals surface area contributed by atoms with Crippen LogP contribution in [-0.2, 0) is 0 Å². The molecule has 24 heavy (non-hydrogen) atoms. The average Bonchev–Trinajstić information content (AvgIpc) is 3.04. The molecular weight excluding hydrogens is 327 g/mol. The summed E-state index contributed by atoms with van der Waals surface area (Å²) in [7, 11) is 0. The number of hydrogen-bond donors (Lipinski definition) is 0. The number of hydrogen-bond acceptors (Lipinski definition) is 6. The molecule has 4 rings (SSSR count). The monoisotopic (exact) mass is 338 g/mol. The molecule has 0 atom stereocenters. The molecule has 0 bridgehead atoms. The number of aromatic nitrogens is 6. The van der Waals surface area contributed by atoms with Crippen molar-refractivity contribution < 1.29 is 4.39 Å². The van der Waals surface area contributed by atoms with Gasteiger partial charge in [-0.15, -0.1) is 5.10 Å². The molecule has 0 aliphatic heterocycles. The van der Waals surface area contributed by atoms with E-state index in [1.54, 1.807) is 10.7 Å². The molecule has 8 heteroatoms. The topological polar surface area (TPSA) is 69.4 Å². The average molecular weight is 338 g/mol. The number of nitrogens with zero attached hydrogens (tertiary/aromatic N) is 6. The predicted octanol–water partition coefficient (Wildman–Crippen LogP) is 3.20. The second-order valence-corrected chi connectivity index (χ2v) is 6.11. The van der Waals surface area contributed by atoms with Crippen molar-refractivity contribution in [2.75, 3.05) is 0 Å². The maximum Gasteiger partial charge on any atom is 0.220 e. The first-order valence-corrected chi connectivity index (χ1v) is 7.96. The Hall–Kier alpha value is -2.87. The van der Waals surface area contributed by atoms with E-state index in [0.29, 0.717) is 21.1 Å². The Morgan fingerprint density at radius 3 is 2.71 bits per heavy atom. The molecule has 0 spiro atoms. The van der Waals surface area contributed by atoms with Crippen LogP contribution in [-0.4, -0.2) is 30.2 Å². The Kier molecular flexibility index (Phi) is 3.66. The van der Waals surface area contributed by atoms with Crippen molar-refractivity contribution in [3.63, 3.8) is 0 Å². The summed E-state index contributed by atoms with van der Waals surface area (Å²) < 4.78 is 15.2. The fourth-order valence-electron chi connectivity index (χ4n) is 2.26. The third kappa shape index (κ3) is 2.71. The zero-order valence-electron chi connectivity index (χ0n) is 12.6. The molecule has 0 fully saturated rings. The van der Waals surface area contributed by atoms with Crippen molar-refractivity contribution in [3.05, 3.63) is 60.2 Å². The van der Waals surface area contributed by atoms with Crippen molar-refractivity contribution in [1.82, 2.24) is 30.2 Å². The molecule has 6 nitrogen and oxygen atoms in total. The molecule has 0 amide bonds. The second kappa shape index (κ2) is 5.97. The van der Waals surface area contributed by atoms with Crippen molar-refractivity contribution in [2.24, 2.45) is 0 Å². The molecule has 0 saturated heterocycles. The third-order valence-corrected chi connectivity index (χ3v) is 4.42. The molecule has 118 valence electrons. The van der Waals surface area contributed by atoms with E-state index >= 15 is 0 Å². The molecule has 2 aromatic carbocycles. The fourth-order valence-corrected chi connectivity index (χ4v) is 3.12. The summed E-state index contributed by atoms with van der Waals surface area (Å²) in [6, 6.07) is 12.3. The highest BCUT2D eigenvalue weighted by atomic mass is 32.2. The number of aryl methyl sites for hydroxylation is 1. The lowest BCUT2D eigenvalue weighted by Crippen LogP contribution is -1.99. The van der Waals surface area contributed by atoms with Crippen molar-refractivity contribution in [3.8, 4) is 5.69 Å². The highest BCUT2D eigenvalue weighted by molar-refractivity contribution is 7.99. The van der Waals surface area contributed by atoms with Crippen LogP contribution in [0, 0.1) is 12.7 Å². The van der Waals surface area contributed by atoms with Gasteiger partial charge < -0.3 is 0 Å². The fraction of sp³-hybridized carbons (Fsp3) is 0.0625. The molecule has 0 N–H and O–H groups in total. The molecule has 2 heterocycles. The molecule has 0 aliphatic rings. The standard InChI is InChI=1S/C16H11FN6S/c1-10-2-5-12(6-3-10)23-16(20-21-22-23)24-15-13-8-11(17)4-7-14(13)18-9-19-15/h2-9H,1H3. The van der Waals surface area contributed by atoms with Crippen LogP contribution in [0.25, 0.3) is 16.6 Å². The largest absolute Gasteiger partial charge is 0.236 e. The van der Waals surface area contributed by atoms with Crippen molar-refractivity contribution in [1.29, 1.82) is 0 Å². The number of rotatable bonds is 3. The lowest BCUT2D eigenvalue weighted by Gasteiger charge is -2.06. The first-order chi connectivity index (χ1) is 11.7. The number of fused-ring (bicyclic) bond motifs is 1. The van der Waals surface area contributed by atoms with Crippen LogP contribution in [0.5, 0.6) is 0 Å². The van der Waals surface area contributed by atoms with Crippen LogP contribution in [0.1, 0.15) is 5.56 Å². The summed E-state index contributed by atoms with van der Waals surface area (Å²) in [6.07, 6.45) is 1.45. The van der Waals surface area contributed by atoms with Gasteiger partial charge in [0.15, 0.2) is 0 Å². The summed E-state index contributed by atoms with van der Waals surface area (Å²) in [5.41, 5.74) is 2.67. The maximum absolute atomic E-state index is 13.6. The minimum atomic E-state index is -0.336. The zero-order chi connectivity index (χ0) is 16.5. The van der Waals surface area contributed by atoms with Gasteiger partial charge in [0, 0.05) is 5.39 Å². The van der Waals surface area contributed by atoms with Crippen molar-refractivity contribution >= 4 is 22.7 Å². The molecule has 4 aromatic rings. The minimum absolute atomic E-state index is 0.336. The number of halogens is 1. The lowest BCUT2D eigenvalue weighted by atomic mass is 10.2. The van der Waals surface area contributed by atoms with Crippen LogP contribution >= 0.6 is 11.8 Å². The van der Waals surface area contributed by atoms with Gasteiger partial charge in [-0.05, 0) is 59.4 Å². The van der Waals surface area contributed by atoms with Crippen LogP contribution in [0.2, 0.25) is 0 Å². The Morgan fingerprint density at radius 2 is 1.88 bits per heavy atom. The molecule has 2 aromatic heterocycles. The first-order valence-electron chi connectivity index (χ1n) is 7.14. The van der Waals surface area contributed by atoms with E-state index in [2.05, 4.69) is 25.5 Å².